The Hall–Kier alpha value is -2.05. The molecule has 20 heavy (non-hydrogen) atoms. The molecule has 0 amide bonds. The van der Waals surface area contributed by atoms with Gasteiger partial charge < -0.3 is 5.32 Å². The summed E-state index contributed by atoms with van der Waals surface area (Å²) in [6.45, 7) is 0. The highest BCUT2D eigenvalue weighted by molar-refractivity contribution is 5.38. The van der Waals surface area contributed by atoms with Crippen molar-refractivity contribution >= 4 is 5.82 Å². The fourth-order valence-electron chi connectivity index (χ4n) is 2.40. The van der Waals surface area contributed by atoms with Gasteiger partial charge in [0.05, 0.1) is 11.8 Å². The number of H-pyrrole nitrogens is 1. The highest BCUT2D eigenvalue weighted by atomic mass is 19.4. The van der Waals surface area contributed by atoms with Crippen LogP contribution in [0.5, 0.6) is 0 Å². The molecular formula is C13H13F3N4. The average Bonchev–Trinajstić information content (AvgIpc) is 2.86. The Bertz CT molecular complexity index is 588. The predicted octanol–water partition coefficient (Wildman–Crippen LogP) is 2.79. The van der Waals surface area contributed by atoms with E-state index >= 15 is 0 Å². The number of rotatable bonds is 2. The Kier molecular flexibility index (Phi) is 3.11. The summed E-state index contributed by atoms with van der Waals surface area (Å²) in [4.78, 5) is 3.83. The van der Waals surface area contributed by atoms with Gasteiger partial charge >= 0.3 is 6.18 Å². The van der Waals surface area contributed by atoms with Gasteiger partial charge in [0, 0.05) is 17.9 Å². The molecule has 4 nitrogen and oxygen atoms in total. The lowest BCUT2D eigenvalue weighted by Crippen LogP contribution is -2.27. The average molecular weight is 282 g/mol. The van der Waals surface area contributed by atoms with Crippen LogP contribution in [0.2, 0.25) is 0 Å². The van der Waals surface area contributed by atoms with Gasteiger partial charge in [-0.2, -0.15) is 18.3 Å². The van der Waals surface area contributed by atoms with Crippen molar-refractivity contribution in [3.8, 4) is 0 Å². The summed E-state index contributed by atoms with van der Waals surface area (Å²) in [5.41, 5.74) is 1.56. The highest BCUT2D eigenvalue weighted by Gasteiger charge is 2.30. The summed E-state index contributed by atoms with van der Waals surface area (Å²) in [5.74, 6) is 0.468. The Labute approximate surface area is 113 Å². The lowest BCUT2D eigenvalue weighted by molar-refractivity contribution is -0.137. The molecular weight excluding hydrogens is 269 g/mol. The topological polar surface area (TPSA) is 53.6 Å². The molecule has 1 aliphatic carbocycles. The first-order chi connectivity index (χ1) is 9.52. The molecule has 1 atom stereocenters. The molecule has 0 spiro atoms. The van der Waals surface area contributed by atoms with Gasteiger partial charge in [0.15, 0.2) is 0 Å². The van der Waals surface area contributed by atoms with Crippen LogP contribution in [0.25, 0.3) is 0 Å². The Morgan fingerprint density at radius 1 is 1.25 bits per heavy atom. The SMILES string of the molecule is FC(F)(F)c1ccc(N[C@H]2CCc3[nH]ncc3C2)nc1. The van der Waals surface area contributed by atoms with Crippen LogP contribution in [0, 0.1) is 0 Å². The zero-order valence-corrected chi connectivity index (χ0v) is 10.5. The van der Waals surface area contributed by atoms with Gasteiger partial charge in [-0.25, -0.2) is 4.98 Å². The minimum atomic E-state index is -4.35. The first-order valence-electron chi connectivity index (χ1n) is 6.33. The Morgan fingerprint density at radius 3 is 2.80 bits per heavy atom. The number of halogens is 3. The van der Waals surface area contributed by atoms with Crippen molar-refractivity contribution in [3.05, 3.63) is 41.3 Å². The lowest BCUT2D eigenvalue weighted by atomic mass is 9.93. The van der Waals surface area contributed by atoms with Crippen LogP contribution < -0.4 is 5.32 Å². The second kappa shape index (κ2) is 4.81. The van der Waals surface area contributed by atoms with Crippen molar-refractivity contribution in [2.24, 2.45) is 0 Å². The van der Waals surface area contributed by atoms with Crippen molar-refractivity contribution < 1.29 is 13.2 Å². The number of aromatic nitrogens is 3. The molecule has 0 unspecified atom stereocenters. The number of pyridine rings is 1. The summed E-state index contributed by atoms with van der Waals surface area (Å²) in [6.07, 6.45) is 0.889. The first-order valence-corrected chi connectivity index (χ1v) is 6.33. The molecule has 2 heterocycles. The van der Waals surface area contributed by atoms with E-state index in [9.17, 15) is 13.2 Å². The largest absolute Gasteiger partial charge is 0.417 e. The molecule has 106 valence electrons. The van der Waals surface area contributed by atoms with Gasteiger partial charge in [-0.1, -0.05) is 0 Å². The molecule has 7 heteroatoms. The molecule has 0 radical (unpaired) electrons. The van der Waals surface area contributed by atoms with Gasteiger partial charge in [0.25, 0.3) is 0 Å². The monoisotopic (exact) mass is 282 g/mol. The fraction of sp³-hybridized carbons (Fsp3) is 0.385. The molecule has 0 saturated heterocycles. The number of hydrogen-bond acceptors (Lipinski definition) is 3. The number of anilines is 1. The molecule has 0 aliphatic heterocycles. The molecule has 1 aliphatic rings. The number of nitrogens with zero attached hydrogens (tertiary/aromatic N) is 2. The molecule has 0 aromatic carbocycles. The minimum Gasteiger partial charge on any atom is -0.367 e. The van der Waals surface area contributed by atoms with E-state index in [4.69, 9.17) is 0 Å². The van der Waals surface area contributed by atoms with Crippen molar-refractivity contribution in [2.75, 3.05) is 5.32 Å². The van der Waals surface area contributed by atoms with Crippen LogP contribution in [0.3, 0.4) is 0 Å². The van der Waals surface area contributed by atoms with E-state index in [1.165, 1.54) is 6.07 Å². The van der Waals surface area contributed by atoms with Gasteiger partial charge in [-0.3, -0.25) is 5.10 Å². The molecule has 0 fully saturated rings. The third-order valence-corrected chi connectivity index (χ3v) is 3.46. The van der Waals surface area contributed by atoms with Crippen LogP contribution in [0.15, 0.2) is 24.5 Å². The van der Waals surface area contributed by atoms with Crippen LogP contribution in [0.1, 0.15) is 23.2 Å². The van der Waals surface area contributed by atoms with Crippen molar-refractivity contribution in [3.63, 3.8) is 0 Å². The van der Waals surface area contributed by atoms with Crippen LogP contribution in [-0.4, -0.2) is 21.2 Å². The molecule has 2 aromatic rings. The normalized spacial score (nSPS) is 18.6. The summed E-state index contributed by atoms with van der Waals surface area (Å²) >= 11 is 0. The van der Waals surface area contributed by atoms with E-state index in [0.29, 0.717) is 5.82 Å². The highest BCUT2D eigenvalue weighted by Crippen LogP contribution is 2.29. The lowest BCUT2D eigenvalue weighted by Gasteiger charge is -2.23. The van der Waals surface area contributed by atoms with Crippen LogP contribution in [-0.2, 0) is 19.0 Å². The first kappa shape index (κ1) is 13.0. The van der Waals surface area contributed by atoms with Gasteiger partial charge in [0.2, 0.25) is 0 Å². The van der Waals surface area contributed by atoms with Crippen molar-refractivity contribution in [2.45, 2.75) is 31.5 Å². The second-order valence-electron chi connectivity index (χ2n) is 4.89. The molecule has 0 saturated carbocycles. The maximum atomic E-state index is 12.4. The van der Waals surface area contributed by atoms with E-state index in [0.717, 1.165) is 42.8 Å². The van der Waals surface area contributed by atoms with Gasteiger partial charge in [0.1, 0.15) is 5.82 Å². The standard InChI is InChI=1S/C13H13F3N4/c14-13(15,16)9-1-4-12(17-7-9)19-10-2-3-11-8(5-10)6-18-20-11/h1,4,6-7,10H,2-3,5H2,(H,17,19)(H,18,20)/t10-/m0/s1. The molecule has 0 bridgehead atoms. The van der Waals surface area contributed by atoms with Gasteiger partial charge in [-0.05, 0) is 37.0 Å². The molecule has 3 rings (SSSR count). The van der Waals surface area contributed by atoms with E-state index in [1.807, 2.05) is 0 Å². The van der Waals surface area contributed by atoms with Crippen molar-refractivity contribution in [1.82, 2.24) is 15.2 Å². The van der Waals surface area contributed by atoms with Gasteiger partial charge in [-0.15, -0.1) is 0 Å². The van der Waals surface area contributed by atoms with Crippen LogP contribution in [0.4, 0.5) is 19.0 Å². The summed E-state index contributed by atoms with van der Waals surface area (Å²) in [5, 5.41) is 10.1. The van der Waals surface area contributed by atoms with E-state index in [1.54, 1.807) is 6.20 Å². The number of nitrogens with one attached hydrogen (secondary N) is 2. The predicted molar refractivity (Wildman–Crippen MR) is 67.3 cm³/mol. The quantitative estimate of drug-likeness (QED) is 0.890. The smallest absolute Gasteiger partial charge is 0.367 e. The summed E-state index contributed by atoms with van der Waals surface area (Å²) in [6, 6.07) is 2.58. The number of aryl methyl sites for hydroxylation is 1. The summed E-state index contributed by atoms with van der Waals surface area (Å²) in [7, 11) is 0. The van der Waals surface area contributed by atoms with E-state index in [2.05, 4.69) is 20.5 Å². The van der Waals surface area contributed by atoms with Crippen LogP contribution >= 0.6 is 0 Å². The molecule has 2 N–H and O–H groups in total. The maximum Gasteiger partial charge on any atom is 0.417 e. The minimum absolute atomic E-state index is 0.171. The third kappa shape index (κ3) is 2.61. The maximum absolute atomic E-state index is 12.4. The zero-order valence-electron chi connectivity index (χ0n) is 10.5. The summed E-state index contributed by atoms with van der Waals surface area (Å²) < 4.78 is 37.3. The van der Waals surface area contributed by atoms with E-state index in [-0.39, 0.29) is 6.04 Å². The number of fused-ring (bicyclic) bond motifs is 1. The number of alkyl halides is 3. The number of hydrogen-bond donors (Lipinski definition) is 2. The van der Waals surface area contributed by atoms with E-state index < -0.39 is 11.7 Å². The fourth-order valence-corrected chi connectivity index (χ4v) is 2.40. The second-order valence-corrected chi connectivity index (χ2v) is 4.89. The Morgan fingerprint density at radius 2 is 2.10 bits per heavy atom. The number of aromatic amines is 1. The molecule has 2 aromatic heterocycles. The Balaban J connectivity index is 1.67. The zero-order chi connectivity index (χ0) is 14.2. The van der Waals surface area contributed by atoms with Crippen molar-refractivity contribution in [1.29, 1.82) is 0 Å². The third-order valence-electron chi connectivity index (χ3n) is 3.46.